The molecule has 5 nitrogen and oxygen atoms in total. The van der Waals surface area contributed by atoms with E-state index < -0.39 is 17.8 Å². The molecule has 156 valence electrons. The fraction of sp³-hybridized carbons (Fsp3) is 0.571. The second-order valence-electron chi connectivity index (χ2n) is 7.69. The predicted molar refractivity (Wildman–Crippen MR) is 103 cm³/mol. The Kier molecular flexibility index (Phi) is 6.91. The standard InChI is InChI=1S/C15H14F3N5.C6H12/c16-15(17,18)13(11-4-2-1-3-5-11)20-8-12-9-23(22-21-12)14(10-19)6-7-14;1-2-4-6-5-3-1/h1-5,9,13,20H,6-8H2;1-6H2. The lowest BCUT2D eigenvalue weighted by atomic mass is 10.0. The molecule has 0 bridgehead atoms. The van der Waals surface area contributed by atoms with Crippen LogP contribution in [0.15, 0.2) is 36.5 Å². The number of aromatic nitrogens is 3. The monoisotopic (exact) mass is 405 g/mol. The fourth-order valence-electron chi connectivity index (χ4n) is 3.43. The van der Waals surface area contributed by atoms with Gasteiger partial charge in [0.05, 0.1) is 18.0 Å². The summed E-state index contributed by atoms with van der Waals surface area (Å²) in [6.45, 7) is -0.0828. The van der Waals surface area contributed by atoms with Gasteiger partial charge in [0.25, 0.3) is 0 Å². The van der Waals surface area contributed by atoms with E-state index in [0.29, 0.717) is 18.5 Å². The molecule has 1 N–H and O–H groups in total. The molecule has 0 saturated heterocycles. The number of rotatable bonds is 5. The van der Waals surface area contributed by atoms with Crippen LogP contribution in [0.1, 0.15) is 68.7 Å². The summed E-state index contributed by atoms with van der Waals surface area (Å²) in [6.07, 6.45) is 7.49. The largest absolute Gasteiger partial charge is 0.407 e. The van der Waals surface area contributed by atoms with Crippen molar-refractivity contribution in [3.63, 3.8) is 0 Å². The Hall–Kier alpha value is -2.40. The predicted octanol–water partition coefficient (Wildman–Crippen LogP) is 5.02. The van der Waals surface area contributed by atoms with Crippen molar-refractivity contribution in [1.82, 2.24) is 20.3 Å². The van der Waals surface area contributed by atoms with Crippen molar-refractivity contribution in [2.75, 3.05) is 0 Å². The van der Waals surface area contributed by atoms with Gasteiger partial charge in [-0.05, 0) is 18.4 Å². The summed E-state index contributed by atoms with van der Waals surface area (Å²) < 4.78 is 41.1. The molecule has 1 heterocycles. The zero-order chi connectivity index (χ0) is 20.7. The van der Waals surface area contributed by atoms with Crippen LogP contribution in [-0.2, 0) is 12.1 Å². The summed E-state index contributed by atoms with van der Waals surface area (Å²) in [5.74, 6) is 0. The first-order valence-corrected chi connectivity index (χ1v) is 10.1. The molecule has 0 amide bonds. The van der Waals surface area contributed by atoms with E-state index in [0.717, 1.165) is 0 Å². The number of hydrogen-bond donors (Lipinski definition) is 1. The summed E-state index contributed by atoms with van der Waals surface area (Å²) in [5.41, 5.74) is -0.145. The van der Waals surface area contributed by atoms with E-state index in [-0.39, 0.29) is 12.1 Å². The molecule has 1 aromatic carbocycles. The van der Waals surface area contributed by atoms with Crippen molar-refractivity contribution in [2.45, 2.75) is 75.7 Å². The molecule has 0 aliphatic heterocycles. The number of hydrogen-bond acceptors (Lipinski definition) is 4. The molecule has 1 unspecified atom stereocenters. The first-order valence-electron chi connectivity index (χ1n) is 10.1. The minimum absolute atomic E-state index is 0.0828. The molecule has 1 atom stereocenters. The van der Waals surface area contributed by atoms with Crippen LogP contribution in [0.5, 0.6) is 0 Å². The van der Waals surface area contributed by atoms with Gasteiger partial charge in [0, 0.05) is 6.54 Å². The highest BCUT2D eigenvalue weighted by atomic mass is 19.4. The van der Waals surface area contributed by atoms with Crippen LogP contribution in [0.25, 0.3) is 0 Å². The molecular formula is C21H26F3N5. The Labute approximate surface area is 168 Å². The number of alkyl halides is 3. The second-order valence-corrected chi connectivity index (χ2v) is 7.69. The first-order chi connectivity index (χ1) is 13.9. The van der Waals surface area contributed by atoms with E-state index >= 15 is 0 Å². The van der Waals surface area contributed by atoms with Crippen LogP contribution in [0.4, 0.5) is 13.2 Å². The van der Waals surface area contributed by atoms with Gasteiger partial charge in [0.2, 0.25) is 0 Å². The molecule has 0 radical (unpaired) electrons. The van der Waals surface area contributed by atoms with Gasteiger partial charge in [-0.1, -0.05) is 74.1 Å². The Morgan fingerprint density at radius 2 is 1.66 bits per heavy atom. The van der Waals surface area contributed by atoms with Crippen LogP contribution in [0.2, 0.25) is 0 Å². The van der Waals surface area contributed by atoms with Crippen molar-refractivity contribution < 1.29 is 13.2 Å². The Morgan fingerprint density at radius 3 is 2.14 bits per heavy atom. The van der Waals surface area contributed by atoms with E-state index in [1.165, 1.54) is 61.5 Å². The molecule has 0 spiro atoms. The van der Waals surface area contributed by atoms with E-state index in [1.807, 2.05) is 0 Å². The summed E-state index contributed by atoms with van der Waals surface area (Å²) >= 11 is 0. The summed E-state index contributed by atoms with van der Waals surface area (Å²) in [6, 6.07) is 8.03. The van der Waals surface area contributed by atoms with Crippen molar-refractivity contribution >= 4 is 0 Å². The maximum absolute atomic E-state index is 13.2. The van der Waals surface area contributed by atoms with Crippen molar-refractivity contribution in [3.05, 3.63) is 47.8 Å². The van der Waals surface area contributed by atoms with E-state index in [2.05, 4.69) is 21.7 Å². The van der Waals surface area contributed by atoms with Crippen LogP contribution in [0, 0.1) is 11.3 Å². The second kappa shape index (κ2) is 9.40. The topological polar surface area (TPSA) is 66.5 Å². The number of benzene rings is 1. The van der Waals surface area contributed by atoms with E-state index in [9.17, 15) is 13.2 Å². The zero-order valence-corrected chi connectivity index (χ0v) is 16.3. The molecule has 1 aromatic heterocycles. The van der Waals surface area contributed by atoms with Crippen molar-refractivity contribution in [1.29, 1.82) is 5.26 Å². The van der Waals surface area contributed by atoms with Crippen LogP contribution < -0.4 is 5.32 Å². The molecule has 29 heavy (non-hydrogen) atoms. The average molecular weight is 405 g/mol. The summed E-state index contributed by atoms with van der Waals surface area (Å²) in [7, 11) is 0. The zero-order valence-electron chi connectivity index (χ0n) is 16.3. The normalized spacial score (nSPS) is 18.8. The SMILES string of the molecule is C1CCCCC1.N#CC1(n2cc(CNC(c3ccccc3)C(F)(F)F)nn2)CC1. The molecule has 2 saturated carbocycles. The summed E-state index contributed by atoms with van der Waals surface area (Å²) in [5, 5.41) is 19.3. The third kappa shape index (κ3) is 5.80. The van der Waals surface area contributed by atoms with Gasteiger partial charge in [-0.3, -0.25) is 5.32 Å². The van der Waals surface area contributed by atoms with Crippen LogP contribution in [0.3, 0.4) is 0 Å². The van der Waals surface area contributed by atoms with Gasteiger partial charge >= 0.3 is 6.18 Å². The van der Waals surface area contributed by atoms with Gasteiger partial charge in [-0.2, -0.15) is 18.4 Å². The Bertz CT molecular complexity index is 790. The molecule has 2 aliphatic carbocycles. The lowest BCUT2D eigenvalue weighted by molar-refractivity contribution is -0.158. The molecular weight excluding hydrogens is 379 g/mol. The smallest absolute Gasteiger partial charge is 0.297 e. The minimum Gasteiger partial charge on any atom is -0.297 e. The Morgan fingerprint density at radius 1 is 1.07 bits per heavy atom. The molecule has 4 rings (SSSR count). The Balaban J connectivity index is 0.000000343. The molecule has 2 aliphatic rings. The number of halogens is 3. The molecule has 2 aromatic rings. The number of nitriles is 1. The summed E-state index contributed by atoms with van der Waals surface area (Å²) in [4.78, 5) is 0. The minimum atomic E-state index is -4.41. The molecule has 8 heteroatoms. The first kappa shape index (κ1) is 21.3. The number of nitrogens with one attached hydrogen (secondary N) is 1. The van der Waals surface area contributed by atoms with Gasteiger partial charge in [-0.15, -0.1) is 5.10 Å². The van der Waals surface area contributed by atoms with Crippen LogP contribution in [-0.4, -0.2) is 21.2 Å². The maximum Gasteiger partial charge on any atom is 0.407 e. The lowest BCUT2D eigenvalue weighted by Crippen LogP contribution is -2.33. The number of nitrogens with zero attached hydrogens (tertiary/aromatic N) is 4. The van der Waals surface area contributed by atoms with Gasteiger partial charge in [-0.25, -0.2) is 4.68 Å². The lowest BCUT2D eigenvalue weighted by Gasteiger charge is -2.21. The van der Waals surface area contributed by atoms with Gasteiger partial charge < -0.3 is 0 Å². The van der Waals surface area contributed by atoms with E-state index in [4.69, 9.17) is 5.26 Å². The highest BCUT2D eigenvalue weighted by Gasteiger charge is 2.46. The van der Waals surface area contributed by atoms with Crippen molar-refractivity contribution in [3.8, 4) is 6.07 Å². The van der Waals surface area contributed by atoms with Gasteiger partial charge in [0.1, 0.15) is 6.04 Å². The highest BCUT2D eigenvalue weighted by molar-refractivity contribution is 5.21. The van der Waals surface area contributed by atoms with Crippen LogP contribution >= 0.6 is 0 Å². The fourth-order valence-corrected chi connectivity index (χ4v) is 3.43. The van der Waals surface area contributed by atoms with Crippen molar-refractivity contribution in [2.24, 2.45) is 0 Å². The third-order valence-corrected chi connectivity index (χ3v) is 5.36. The quantitative estimate of drug-likeness (QED) is 0.758. The van der Waals surface area contributed by atoms with E-state index in [1.54, 1.807) is 18.2 Å². The molecule has 2 fully saturated rings. The maximum atomic E-state index is 13.2. The third-order valence-electron chi connectivity index (χ3n) is 5.36. The average Bonchev–Trinajstić information content (AvgIpc) is 3.40. The highest BCUT2D eigenvalue weighted by Crippen LogP contribution is 2.42. The van der Waals surface area contributed by atoms with Gasteiger partial charge in [0.15, 0.2) is 5.54 Å².